The third-order valence-corrected chi connectivity index (χ3v) is 4.83. The Balaban J connectivity index is 1.65. The van der Waals surface area contributed by atoms with Gasteiger partial charge in [-0.05, 0) is 48.0 Å². The summed E-state index contributed by atoms with van der Waals surface area (Å²) in [5.74, 6) is 0.234. The number of hydrogen-bond acceptors (Lipinski definition) is 5. The number of carbonyl (C=O) groups is 1. The lowest BCUT2D eigenvalue weighted by molar-refractivity contribution is 0.0951. The number of aromatic nitrogens is 3. The molecule has 7 nitrogen and oxygen atoms in total. The first-order valence-corrected chi connectivity index (χ1v) is 9.47. The van der Waals surface area contributed by atoms with Crippen molar-refractivity contribution < 1.29 is 9.53 Å². The molecule has 0 spiro atoms. The van der Waals surface area contributed by atoms with Crippen molar-refractivity contribution in [3.05, 3.63) is 93.8 Å². The van der Waals surface area contributed by atoms with Crippen molar-refractivity contribution in [2.75, 3.05) is 7.11 Å². The van der Waals surface area contributed by atoms with Gasteiger partial charge in [-0.2, -0.15) is 0 Å². The lowest BCUT2D eigenvalue weighted by Crippen LogP contribution is -2.23. The summed E-state index contributed by atoms with van der Waals surface area (Å²) in [5.41, 5.74) is 1.93. The van der Waals surface area contributed by atoms with Crippen molar-refractivity contribution in [3.63, 3.8) is 0 Å². The van der Waals surface area contributed by atoms with Gasteiger partial charge in [-0.1, -0.05) is 17.7 Å². The number of benzene rings is 2. The van der Waals surface area contributed by atoms with Crippen LogP contribution < -0.4 is 15.6 Å². The van der Waals surface area contributed by atoms with Crippen LogP contribution in [0.3, 0.4) is 0 Å². The summed E-state index contributed by atoms with van der Waals surface area (Å²) in [7, 11) is 1.52. The largest absolute Gasteiger partial charge is 0.495 e. The fourth-order valence-corrected chi connectivity index (χ4v) is 3.24. The van der Waals surface area contributed by atoms with Crippen LogP contribution in [0.5, 0.6) is 5.75 Å². The van der Waals surface area contributed by atoms with Crippen molar-refractivity contribution in [2.24, 2.45) is 0 Å². The summed E-state index contributed by atoms with van der Waals surface area (Å²) < 4.78 is 6.70. The summed E-state index contributed by atoms with van der Waals surface area (Å²) in [6.07, 6.45) is 4.76. The summed E-state index contributed by atoms with van der Waals surface area (Å²) in [5, 5.41) is 3.68. The number of ether oxygens (including phenoxy) is 1. The van der Waals surface area contributed by atoms with Crippen LogP contribution in [0.25, 0.3) is 16.6 Å². The molecule has 2 heterocycles. The predicted molar refractivity (Wildman–Crippen MR) is 114 cm³/mol. The molecule has 4 aromatic rings. The third-order valence-electron chi connectivity index (χ3n) is 4.60. The normalized spacial score (nSPS) is 10.7. The minimum atomic E-state index is -0.289. The molecule has 0 saturated heterocycles. The minimum Gasteiger partial charge on any atom is -0.495 e. The first kappa shape index (κ1) is 19.6. The van der Waals surface area contributed by atoms with E-state index in [2.05, 4.69) is 15.3 Å². The predicted octanol–water partition coefficient (Wildman–Crippen LogP) is 3.37. The van der Waals surface area contributed by atoms with Gasteiger partial charge in [-0.15, -0.1) is 0 Å². The van der Waals surface area contributed by atoms with Gasteiger partial charge in [-0.3, -0.25) is 19.1 Å². The van der Waals surface area contributed by atoms with E-state index in [9.17, 15) is 9.59 Å². The molecule has 0 aliphatic carbocycles. The van der Waals surface area contributed by atoms with Crippen LogP contribution >= 0.6 is 11.6 Å². The fourth-order valence-electron chi connectivity index (χ4n) is 3.07. The van der Waals surface area contributed by atoms with E-state index in [1.807, 2.05) is 6.07 Å². The van der Waals surface area contributed by atoms with Crippen molar-refractivity contribution in [1.29, 1.82) is 0 Å². The van der Waals surface area contributed by atoms with Gasteiger partial charge in [0.15, 0.2) is 0 Å². The van der Waals surface area contributed by atoms with Crippen molar-refractivity contribution >= 4 is 28.4 Å². The number of amides is 1. The minimum absolute atomic E-state index is 0.261. The molecule has 0 unspecified atom stereocenters. The second-order valence-electron chi connectivity index (χ2n) is 6.51. The van der Waals surface area contributed by atoms with E-state index in [1.54, 1.807) is 54.9 Å². The first-order valence-electron chi connectivity index (χ1n) is 9.09. The van der Waals surface area contributed by atoms with E-state index in [1.165, 1.54) is 18.0 Å². The second kappa shape index (κ2) is 8.34. The van der Waals surface area contributed by atoms with Gasteiger partial charge < -0.3 is 10.1 Å². The molecule has 4 rings (SSSR count). The van der Waals surface area contributed by atoms with E-state index >= 15 is 0 Å². The number of pyridine rings is 1. The van der Waals surface area contributed by atoms with Gasteiger partial charge in [0.05, 0.1) is 23.7 Å². The van der Waals surface area contributed by atoms with Crippen molar-refractivity contribution in [3.8, 4) is 11.4 Å². The van der Waals surface area contributed by atoms with Gasteiger partial charge in [0.1, 0.15) is 12.1 Å². The highest BCUT2D eigenvalue weighted by molar-refractivity contribution is 6.30. The number of nitrogens with one attached hydrogen (secondary N) is 1. The van der Waals surface area contributed by atoms with Crippen molar-refractivity contribution in [2.45, 2.75) is 6.54 Å². The van der Waals surface area contributed by atoms with E-state index in [4.69, 9.17) is 16.3 Å². The third kappa shape index (κ3) is 3.88. The highest BCUT2D eigenvalue weighted by Crippen LogP contribution is 2.25. The van der Waals surface area contributed by atoms with E-state index < -0.39 is 0 Å². The zero-order valence-corrected chi connectivity index (χ0v) is 16.8. The molecule has 2 aromatic heterocycles. The summed E-state index contributed by atoms with van der Waals surface area (Å²) in [4.78, 5) is 33.9. The quantitative estimate of drug-likeness (QED) is 0.535. The Morgan fingerprint density at radius 2 is 2.07 bits per heavy atom. The molecule has 0 aliphatic heterocycles. The Bertz CT molecular complexity index is 1290. The smallest absolute Gasteiger partial charge is 0.265 e. The summed E-state index contributed by atoms with van der Waals surface area (Å²) >= 11 is 6.08. The Morgan fingerprint density at radius 1 is 1.20 bits per heavy atom. The summed E-state index contributed by atoms with van der Waals surface area (Å²) in [6, 6.07) is 13.5. The Morgan fingerprint density at radius 3 is 2.83 bits per heavy atom. The van der Waals surface area contributed by atoms with Crippen LogP contribution in [0.4, 0.5) is 0 Å². The molecular formula is C22H17ClN4O3. The number of halogens is 1. The molecule has 0 fully saturated rings. The topological polar surface area (TPSA) is 86.1 Å². The molecular weight excluding hydrogens is 404 g/mol. The lowest BCUT2D eigenvalue weighted by atomic mass is 10.1. The number of nitrogens with zero attached hydrogens (tertiary/aromatic N) is 3. The van der Waals surface area contributed by atoms with Crippen LogP contribution in [0.1, 0.15) is 15.9 Å². The lowest BCUT2D eigenvalue weighted by Gasteiger charge is -2.12. The number of rotatable bonds is 5. The van der Waals surface area contributed by atoms with Gasteiger partial charge in [0.2, 0.25) is 0 Å². The fraction of sp³-hybridized carbons (Fsp3) is 0.0909. The van der Waals surface area contributed by atoms with Gasteiger partial charge in [0, 0.05) is 29.5 Å². The Kier molecular flexibility index (Phi) is 5.45. The monoisotopic (exact) mass is 420 g/mol. The van der Waals surface area contributed by atoms with Crippen molar-refractivity contribution in [1.82, 2.24) is 19.9 Å². The average Bonchev–Trinajstić information content (AvgIpc) is 2.78. The number of fused-ring (bicyclic) bond motifs is 1. The van der Waals surface area contributed by atoms with Gasteiger partial charge in [0.25, 0.3) is 11.5 Å². The highest BCUT2D eigenvalue weighted by atomic mass is 35.5. The number of hydrogen-bond donors (Lipinski definition) is 1. The molecule has 0 radical (unpaired) electrons. The van der Waals surface area contributed by atoms with E-state index in [0.29, 0.717) is 39.5 Å². The maximum atomic E-state index is 13.0. The van der Waals surface area contributed by atoms with Crippen LogP contribution in [-0.4, -0.2) is 27.6 Å². The number of methoxy groups -OCH3 is 1. The Labute approximate surface area is 176 Å². The molecule has 1 N–H and O–H groups in total. The molecule has 0 aliphatic rings. The average molecular weight is 421 g/mol. The highest BCUT2D eigenvalue weighted by Gasteiger charge is 2.13. The van der Waals surface area contributed by atoms with Crippen LogP contribution in [-0.2, 0) is 6.54 Å². The Hall–Kier alpha value is -3.71. The standard InChI is InChI=1S/C22H17ClN4O3/c1-30-20-7-5-16(23)10-19(20)27-13-26-18-9-15(4-6-17(18)22(27)29)21(28)25-12-14-3-2-8-24-11-14/h2-11,13H,12H2,1H3,(H,25,28). The zero-order valence-electron chi connectivity index (χ0n) is 16.0. The second-order valence-corrected chi connectivity index (χ2v) is 6.95. The maximum Gasteiger partial charge on any atom is 0.265 e. The van der Waals surface area contributed by atoms with Crippen LogP contribution in [0, 0.1) is 0 Å². The first-order chi connectivity index (χ1) is 14.6. The molecule has 30 heavy (non-hydrogen) atoms. The molecule has 150 valence electrons. The SMILES string of the molecule is COc1ccc(Cl)cc1-n1cnc2cc(C(=O)NCc3cccnc3)ccc2c1=O. The maximum absolute atomic E-state index is 13.0. The molecule has 2 aromatic carbocycles. The van der Waals surface area contributed by atoms with Gasteiger partial charge in [-0.25, -0.2) is 4.98 Å². The van der Waals surface area contributed by atoms with E-state index in [-0.39, 0.29) is 11.5 Å². The summed E-state index contributed by atoms with van der Waals surface area (Å²) in [6.45, 7) is 0.355. The van der Waals surface area contributed by atoms with E-state index in [0.717, 1.165) is 5.56 Å². The van der Waals surface area contributed by atoms with Crippen LogP contribution in [0.2, 0.25) is 5.02 Å². The van der Waals surface area contributed by atoms with Gasteiger partial charge >= 0.3 is 0 Å². The number of carbonyl (C=O) groups excluding carboxylic acids is 1. The molecule has 0 saturated carbocycles. The van der Waals surface area contributed by atoms with Crippen LogP contribution in [0.15, 0.2) is 72.0 Å². The zero-order chi connectivity index (χ0) is 21.1. The molecule has 0 bridgehead atoms. The molecule has 1 amide bonds. The molecule has 8 heteroatoms. The molecule has 0 atom stereocenters.